The maximum absolute atomic E-state index is 12.1. The van der Waals surface area contributed by atoms with Crippen molar-refractivity contribution in [3.63, 3.8) is 0 Å². The van der Waals surface area contributed by atoms with Crippen LogP contribution in [0.2, 0.25) is 0 Å². The molecule has 0 saturated heterocycles. The lowest BCUT2D eigenvalue weighted by atomic mass is 9.96. The van der Waals surface area contributed by atoms with Crippen molar-refractivity contribution < 1.29 is 14.7 Å². The Bertz CT molecular complexity index is 535. The van der Waals surface area contributed by atoms with E-state index in [1.807, 2.05) is 52.0 Å². The Labute approximate surface area is 125 Å². The lowest BCUT2D eigenvalue weighted by Crippen LogP contribution is -2.33. The maximum Gasteiger partial charge on any atom is 0.328 e. The van der Waals surface area contributed by atoms with Gasteiger partial charge in [0, 0.05) is 12.0 Å². The quantitative estimate of drug-likeness (QED) is 0.790. The summed E-state index contributed by atoms with van der Waals surface area (Å²) in [4.78, 5) is 22.6. The van der Waals surface area contributed by atoms with Crippen molar-refractivity contribution in [2.24, 2.45) is 11.8 Å². The molecule has 1 aromatic carbocycles. The summed E-state index contributed by atoms with van der Waals surface area (Å²) in [5.41, 5.74) is 1.75. The van der Waals surface area contributed by atoms with Gasteiger partial charge in [-0.05, 0) is 36.1 Å². The molecule has 0 radical (unpaired) electrons. The highest BCUT2D eigenvalue weighted by atomic mass is 16.4. The van der Waals surface area contributed by atoms with Crippen LogP contribution < -0.4 is 5.32 Å². The predicted octanol–water partition coefficient (Wildman–Crippen LogP) is 3.25. The number of carboxylic acids is 1. The van der Waals surface area contributed by atoms with Gasteiger partial charge in [-0.15, -0.1) is 0 Å². The van der Waals surface area contributed by atoms with E-state index < -0.39 is 5.97 Å². The van der Waals surface area contributed by atoms with E-state index in [1.165, 1.54) is 6.08 Å². The molecule has 0 spiro atoms. The Morgan fingerprint density at radius 2 is 1.86 bits per heavy atom. The first-order valence-corrected chi connectivity index (χ1v) is 7.12. The number of nitrogens with one attached hydrogen (secondary N) is 1. The van der Waals surface area contributed by atoms with Crippen LogP contribution in [-0.4, -0.2) is 17.0 Å². The number of carbonyl (C=O) groups excluding carboxylic acids is 1. The van der Waals surface area contributed by atoms with Gasteiger partial charge in [0.15, 0.2) is 0 Å². The van der Waals surface area contributed by atoms with Crippen LogP contribution in [0.4, 0.5) is 0 Å². The Balaban J connectivity index is 2.79. The number of hydrogen-bond donors (Lipinski definition) is 2. The molecule has 4 nitrogen and oxygen atoms in total. The molecule has 1 rings (SSSR count). The van der Waals surface area contributed by atoms with Gasteiger partial charge in [-0.1, -0.05) is 39.0 Å². The molecule has 0 aliphatic carbocycles. The van der Waals surface area contributed by atoms with Gasteiger partial charge in [-0.2, -0.15) is 0 Å². The number of benzene rings is 1. The highest BCUT2D eigenvalue weighted by Crippen LogP contribution is 2.17. The molecule has 21 heavy (non-hydrogen) atoms. The second-order valence-electron chi connectivity index (χ2n) is 5.60. The van der Waals surface area contributed by atoms with Crippen LogP contribution in [0.5, 0.6) is 0 Å². The van der Waals surface area contributed by atoms with E-state index in [9.17, 15) is 9.59 Å². The summed E-state index contributed by atoms with van der Waals surface area (Å²) >= 11 is 0. The summed E-state index contributed by atoms with van der Waals surface area (Å²) in [6.07, 6.45) is 2.64. The Morgan fingerprint density at radius 1 is 1.19 bits per heavy atom. The fraction of sp³-hybridized carbons (Fsp3) is 0.412. The molecule has 0 bridgehead atoms. The van der Waals surface area contributed by atoms with Crippen molar-refractivity contribution in [2.75, 3.05) is 0 Å². The molecule has 114 valence electrons. The van der Waals surface area contributed by atoms with Crippen molar-refractivity contribution in [2.45, 2.75) is 33.7 Å². The molecule has 2 unspecified atom stereocenters. The van der Waals surface area contributed by atoms with E-state index in [-0.39, 0.29) is 17.9 Å². The van der Waals surface area contributed by atoms with Gasteiger partial charge in [0.1, 0.15) is 0 Å². The number of aliphatic carboxylic acids is 1. The first-order chi connectivity index (χ1) is 9.81. The highest BCUT2D eigenvalue weighted by Gasteiger charge is 2.18. The normalized spacial score (nSPS) is 14.1. The SMILES string of the molecule is CC(NC(=O)C(C)C(C)C)c1cccc(C=CC(=O)O)c1. The Hall–Kier alpha value is -2.10. The van der Waals surface area contributed by atoms with Crippen LogP contribution in [0, 0.1) is 11.8 Å². The Kier molecular flexibility index (Phi) is 6.15. The van der Waals surface area contributed by atoms with Crippen molar-refractivity contribution in [3.05, 3.63) is 41.5 Å². The smallest absolute Gasteiger partial charge is 0.328 e. The Morgan fingerprint density at radius 3 is 2.43 bits per heavy atom. The molecule has 0 aromatic heterocycles. The molecule has 1 amide bonds. The topological polar surface area (TPSA) is 66.4 Å². The molecule has 0 saturated carbocycles. The number of rotatable bonds is 6. The van der Waals surface area contributed by atoms with Gasteiger partial charge in [0.2, 0.25) is 5.91 Å². The summed E-state index contributed by atoms with van der Waals surface area (Å²) in [6.45, 7) is 7.88. The van der Waals surface area contributed by atoms with Crippen LogP contribution in [-0.2, 0) is 9.59 Å². The molecule has 2 atom stereocenters. The molecule has 0 fully saturated rings. The van der Waals surface area contributed by atoms with Crippen molar-refractivity contribution in [1.82, 2.24) is 5.32 Å². The minimum absolute atomic E-state index is 0.0315. The van der Waals surface area contributed by atoms with Crippen molar-refractivity contribution in [1.29, 1.82) is 0 Å². The predicted molar refractivity (Wildman–Crippen MR) is 83.7 cm³/mol. The summed E-state index contributed by atoms with van der Waals surface area (Å²) in [6, 6.07) is 7.37. The average Bonchev–Trinajstić information content (AvgIpc) is 2.44. The lowest BCUT2D eigenvalue weighted by Gasteiger charge is -2.20. The van der Waals surface area contributed by atoms with E-state index in [2.05, 4.69) is 5.32 Å². The van der Waals surface area contributed by atoms with Crippen LogP contribution >= 0.6 is 0 Å². The van der Waals surface area contributed by atoms with E-state index >= 15 is 0 Å². The van der Waals surface area contributed by atoms with Gasteiger partial charge in [-0.25, -0.2) is 4.79 Å². The molecular weight excluding hydrogens is 266 g/mol. The number of amides is 1. The summed E-state index contributed by atoms with van der Waals surface area (Å²) in [7, 11) is 0. The van der Waals surface area contributed by atoms with Gasteiger partial charge in [0.05, 0.1) is 6.04 Å². The number of carboxylic acid groups (broad SMARTS) is 1. The minimum atomic E-state index is -0.979. The van der Waals surface area contributed by atoms with Crippen molar-refractivity contribution in [3.8, 4) is 0 Å². The third-order valence-electron chi connectivity index (χ3n) is 3.60. The third-order valence-corrected chi connectivity index (χ3v) is 3.60. The van der Waals surface area contributed by atoms with Gasteiger partial charge < -0.3 is 10.4 Å². The standard InChI is InChI=1S/C17H23NO3/c1-11(2)12(3)17(21)18-13(4)15-7-5-6-14(10-15)8-9-16(19)20/h5-13H,1-4H3,(H,18,21)(H,19,20). The molecule has 2 N–H and O–H groups in total. The van der Waals surface area contributed by atoms with E-state index in [0.29, 0.717) is 5.92 Å². The minimum Gasteiger partial charge on any atom is -0.478 e. The fourth-order valence-corrected chi connectivity index (χ4v) is 1.83. The van der Waals surface area contributed by atoms with Crippen LogP contribution in [0.1, 0.15) is 44.9 Å². The third kappa shape index (κ3) is 5.42. The molecule has 4 heteroatoms. The highest BCUT2D eigenvalue weighted by molar-refractivity contribution is 5.85. The largest absolute Gasteiger partial charge is 0.478 e. The van der Waals surface area contributed by atoms with E-state index in [0.717, 1.165) is 17.2 Å². The van der Waals surface area contributed by atoms with Gasteiger partial charge in [0.25, 0.3) is 0 Å². The van der Waals surface area contributed by atoms with Gasteiger partial charge >= 0.3 is 5.97 Å². The van der Waals surface area contributed by atoms with E-state index in [1.54, 1.807) is 0 Å². The van der Waals surface area contributed by atoms with Crippen LogP contribution in [0.25, 0.3) is 6.08 Å². The number of carbonyl (C=O) groups is 2. The van der Waals surface area contributed by atoms with Crippen LogP contribution in [0.15, 0.2) is 30.3 Å². The average molecular weight is 289 g/mol. The van der Waals surface area contributed by atoms with Gasteiger partial charge in [-0.3, -0.25) is 4.79 Å². The maximum atomic E-state index is 12.1. The van der Waals surface area contributed by atoms with Crippen molar-refractivity contribution >= 4 is 18.0 Å². The summed E-state index contributed by atoms with van der Waals surface area (Å²) < 4.78 is 0. The molecule has 0 aliphatic heterocycles. The molecule has 0 heterocycles. The van der Waals surface area contributed by atoms with E-state index in [4.69, 9.17) is 5.11 Å². The molecular formula is C17H23NO3. The zero-order chi connectivity index (χ0) is 16.0. The zero-order valence-corrected chi connectivity index (χ0v) is 13.0. The number of hydrogen-bond acceptors (Lipinski definition) is 2. The zero-order valence-electron chi connectivity index (χ0n) is 13.0. The fourth-order valence-electron chi connectivity index (χ4n) is 1.83. The molecule has 0 aliphatic rings. The summed E-state index contributed by atoms with van der Waals surface area (Å²) in [5, 5.41) is 11.6. The monoisotopic (exact) mass is 289 g/mol. The second kappa shape index (κ2) is 7.62. The first-order valence-electron chi connectivity index (χ1n) is 7.12. The van der Waals surface area contributed by atoms with Crippen LogP contribution in [0.3, 0.4) is 0 Å². The summed E-state index contributed by atoms with van der Waals surface area (Å²) in [5.74, 6) is -0.693. The first kappa shape index (κ1) is 17.0. The molecule has 1 aromatic rings. The second-order valence-corrected chi connectivity index (χ2v) is 5.60. The lowest BCUT2D eigenvalue weighted by molar-refractivity contribution is -0.131.